The standard InChI is InChI=1S/C23H26FN3O3/c1-5-23(18-8-10-19(24)11-9-18)21(29)27(22(30)26-23)13-20(28)25-16(4)17-7-6-14(2)15(3)12-17/h6-12,16H,5,13H2,1-4H3,(H,25,28)(H,26,30)/t16-,23-/m1/s1. The average molecular weight is 411 g/mol. The molecule has 0 saturated carbocycles. The van der Waals surface area contributed by atoms with Gasteiger partial charge in [-0.3, -0.25) is 14.5 Å². The molecule has 7 heteroatoms. The monoisotopic (exact) mass is 411 g/mol. The molecule has 0 bridgehead atoms. The first-order valence-electron chi connectivity index (χ1n) is 9.94. The minimum Gasteiger partial charge on any atom is -0.348 e. The first-order chi connectivity index (χ1) is 14.2. The van der Waals surface area contributed by atoms with Gasteiger partial charge in [0.2, 0.25) is 5.91 Å². The second-order valence-electron chi connectivity index (χ2n) is 7.72. The molecule has 1 heterocycles. The number of carbonyl (C=O) groups is 3. The molecule has 2 atom stereocenters. The van der Waals surface area contributed by atoms with E-state index in [9.17, 15) is 18.8 Å². The summed E-state index contributed by atoms with van der Waals surface area (Å²) in [5.41, 5.74) is 2.40. The van der Waals surface area contributed by atoms with Crippen molar-refractivity contribution in [1.29, 1.82) is 0 Å². The maximum Gasteiger partial charge on any atom is 0.325 e. The normalized spacial score (nSPS) is 19.6. The molecule has 3 rings (SSSR count). The van der Waals surface area contributed by atoms with Gasteiger partial charge in [-0.2, -0.15) is 0 Å². The number of hydrogen-bond donors (Lipinski definition) is 2. The Kier molecular flexibility index (Phi) is 5.92. The van der Waals surface area contributed by atoms with Crippen molar-refractivity contribution >= 4 is 17.8 Å². The second-order valence-corrected chi connectivity index (χ2v) is 7.72. The fourth-order valence-electron chi connectivity index (χ4n) is 3.69. The van der Waals surface area contributed by atoms with Gasteiger partial charge in [-0.1, -0.05) is 37.3 Å². The van der Waals surface area contributed by atoms with Crippen molar-refractivity contribution in [2.45, 2.75) is 45.7 Å². The van der Waals surface area contributed by atoms with Gasteiger partial charge in [-0.05, 0) is 61.6 Å². The van der Waals surface area contributed by atoms with Crippen LogP contribution in [-0.4, -0.2) is 29.3 Å². The van der Waals surface area contributed by atoms with Crippen molar-refractivity contribution in [3.05, 3.63) is 70.5 Å². The summed E-state index contributed by atoms with van der Waals surface area (Å²) < 4.78 is 13.3. The minimum absolute atomic E-state index is 0.273. The molecule has 0 radical (unpaired) electrons. The van der Waals surface area contributed by atoms with E-state index < -0.39 is 29.2 Å². The van der Waals surface area contributed by atoms with Crippen LogP contribution in [0.1, 0.15) is 48.6 Å². The fraction of sp³-hybridized carbons (Fsp3) is 0.348. The molecule has 0 aromatic heterocycles. The van der Waals surface area contributed by atoms with Crippen molar-refractivity contribution in [2.24, 2.45) is 0 Å². The van der Waals surface area contributed by atoms with E-state index in [4.69, 9.17) is 0 Å². The van der Waals surface area contributed by atoms with Crippen molar-refractivity contribution in [2.75, 3.05) is 6.54 Å². The third-order valence-electron chi connectivity index (χ3n) is 5.75. The Bertz CT molecular complexity index is 990. The van der Waals surface area contributed by atoms with Crippen LogP contribution in [0.5, 0.6) is 0 Å². The Morgan fingerprint density at radius 2 is 1.80 bits per heavy atom. The molecule has 0 aliphatic carbocycles. The Morgan fingerprint density at radius 3 is 2.40 bits per heavy atom. The number of hydrogen-bond acceptors (Lipinski definition) is 3. The minimum atomic E-state index is -1.30. The van der Waals surface area contributed by atoms with Crippen LogP contribution < -0.4 is 10.6 Å². The predicted molar refractivity (Wildman–Crippen MR) is 111 cm³/mol. The van der Waals surface area contributed by atoms with Gasteiger partial charge in [0.25, 0.3) is 5.91 Å². The fourth-order valence-corrected chi connectivity index (χ4v) is 3.69. The highest BCUT2D eigenvalue weighted by atomic mass is 19.1. The summed E-state index contributed by atoms with van der Waals surface area (Å²) in [6.07, 6.45) is 0.278. The molecule has 6 nitrogen and oxygen atoms in total. The zero-order valence-electron chi connectivity index (χ0n) is 17.6. The molecule has 4 amide bonds. The van der Waals surface area contributed by atoms with E-state index in [1.165, 1.54) is 24.3 Å². The lowest BCUT2D eigenvalue weighted by Crippen LogP contribution is -2.45. The quantitative estimate of drug-likeness (QED) is 0.715. The molecular formula is C23H26FN3O3. The van der Waals surface area contributed by atoms with Gasteiger partial charge in [0.05, 0.1) is 6.04 Å². The van der Waals surface area contributed by atoms with E-state index in [2.05, 4.69) is 10.6 Å². The smallest absolute Gasteiger partial charge is 0.325 e. The van der Waals surface area contributed by atoms with E-state index >= 15 is 0 Å². The average Bonchev–Trinajstić information content (AvgIpc) is 2.95. The molecular weight excluding hydrogens is 385 g/mol. The van der Waals surface area contributed by atoms with Crippen molar-refractivity contribution in [3.8, 4) is 0 Å². The lowest BCUT2D eigenvalue weighted by molar-refractivity contribution is -0.135. The van der Waals surface area contributed by atoms with E-state index in [-0.39, 0.29) is 19.0 Å². The van der Waals surface area contributed by atoms with E-state index in [0.717, 1.165) is 21.6 Å². The Hall–Kier alpha value is -3.22. The van der Waals surface area contributed by atoms with E-state index in [1.807, 2.05) is 39.0 Å². The third kappa shape index (κ3) is 3.92. The molecule has 2 aromatic rings. The number of aryl methyl sites for hydroxylation is 2. The van der Waals surface area contributed by atoms with Crippen molar-refractivity contribution in [3.63, 3.8) is 0 Å². The molecule has 30 heavy (non-hydrogen) atoms. The Balaban J connectivity index is 1.73. The summed E-state index contributed by atoms with van der Waals surface area (Å²) in [6, 6.07) is 10.5. The zero-order valence-corrected chi connectivity index (χ0v) is 17.6. The third-order valence-corrected chi connectivity index (χ3v) is 5.75. The van der Waals surface area contributed by atoms with Gasteiger partial charge < -0.3 is 10.6 Å². The van der Waals surface area contributed by atoms with Gasteiger partial charge in [-0.25, -0.2) is 9.18 Å². The number of nitrogens with zero attached hydrogens (tertiary/aromatic N) is 1. The number of rotatable bonds is 6. The van der Waals surface area contributed by atoms with Gasteiger partial charge in [0.1, 0.15) is 17.9 Å². The number of benzene rings is 2. The first kappa shape index (κ1) is 21.5. The van der Waals surface area contributed by atoms with Gasteiger partial charge in [0.15, 0.2) is 0 Å². The number of nitrogens with one attached hydrogen (secondary N) is 2. The van der Waals surface area contributed by atoms with Crippen LogP contribution in [0.15, 0.2) is 42.5 Å². The molecule has 1 aliphatic heterocycles. The van der Waals surface area contributed by atoms with Crippen molar-refractivity contribution in [1.82, 2.24) is 15.5 Å². The van der Waals surface area contributed by atoms with E-state index in [0.29, 0.717) is 5.56 Å². The SMILES string of the molecule is CC[C@]1(c2ccc(F)cc2)NC(=O)N(CC(=O)N[C@H](C)c2ccc(C)c(C)c2)C1=O. The second kappa shape index (κ2) is 8.26. The summed E-state index contributed by atoms with van der Waals surface area (Å²) in [7, 11) is 0. The largest absolute Gasteiger partial charge is 0.348 e. The van der Waals surface area contributed by atoms with Crippen LogP contribution in [0.2, 0.25) is 0 Å². The lowest BCUT2D eigenvalue weighted by atomic mass is 9.87. The van der Waals surface area contributed by atoms with Crippen LogP contribution in [0.4, 0.5) is 9.18 Å². The number of urea groups is 1. The zero-order chi connectivity index (χ0) is 22.1. The molecule has 2 aromatic carbocycles. The summed E-state index contributed by atoms with van der Waals surface area (Å²) in [6.45, 7) is 7.24. The summed E-state index contributed by atoms with van der Waals surface area (Å²) >= 11 is 0. The molecule has 1 fully saturated rings. The molecule has 1 saturated heterocycles. The maximum absolute atomic E-state index is 13.3. The van der Waals surface area contributed by atoms with Crippen molar-refractivity contribution < 1.29 is 18.8 Å². The number of halogens is 1. The Labute approximate surface area is 175 Å². The molecule has 0 unspecified atom stereocenters. The number of amides is 4. The van der Waals surface area contributed by atoms with Crippen LogP contribution in [0.25, 0.3) is 0 Å². The number of carbonyl (C=O) groups excluding carboxylic acids is 3. The predicted octanol–water partition coefficient (Wildman–Crippen LogP) is 3.48. The summed E-state index contributed by atoms with van der Waals surface area (Å²) in [5, 5.41) is 5.53. The topological polar surface area (TPSA) is 78.5 Å². The summed E-state index contributed by atoms with van der Waals surface area (Å²) in [4.78, 5) is 39.1. The van der Waals surface area contributed by atoms with Gasteiger partial charge in [0, 0.05) is 0 Å². The molecule has 0 spiro atoms. The number of imide groups is 1. The highest BCUT2D eigenvalue weighted by molar-refractivity contribution is 6.09. The molecule has 1 aliphatic rings. The van der Waals surface area contributed by atoms with Crippen LogP contribution in [-0.2, 0) is 15.1 Å². The van der Waals surface area contributed by atoms with Gasteiger partial charge >= 0.3 is 6.03 Å². The molecule has 2 N–H and O–H groups in total. The Morgan fingerprint density at radius 1 is 1.13 bits per heavy atom. The maximum atomic E-state index is 13.3. The summed E-state index contributed by atoms with van der Waals surface area (Å²) in [5.74, 6) is -1.39. The highest BCUT2D eigenvalue weighted by Crippen LogP contribution is 2.32. The van der Waals surface area contributed by atoms with Crippen LogP contribution >= 0.6 is 0 Å². The molecule has 158 valence electrons. The lowest BCUT2D eigenvalue weighted by Gasteiger charge is -2.25. The van der Waals surface area contributed by atoms with E-state index in [1.54, 1.807) is 6.92 Å². The van der Waals surface area contributed by atoms with Gasteiger partial charge in [-0.15, -0.1) is 0 Å². The first-order valence-corrected chi connectivity index (χ1v) is 9.94. The van der Waals surface area contributed by atoms with Crippen LogP contribution in [0, 0.1) is 19.7 Å². The highest BCUT2D eigenvalue weighted by Gasteiger charge is 2.51. The van der Waals surface area contributed by atoms with Crippen LogP contribution in [0.3, 0.4) is 0 Å².